The van der Waals surface area contributed by atoms with E-state index in [9.17, 15) is 4.79 Å². The average molecular weight is 369 g/mol. The molecule has 0 saturated carbocycles. The molecule has 0 spiro atoms. The van der Waals surface area contributed by atoms with Crippen molar-refractivity contribution in [1.82, 2.24) is 4.98 Å². The zero-order valence-corrected chi connectivity index (χ0v) is 14.5. The molecule has 0 aliphatic heterocycles. The average Bonchev–Trinajstić information content (AvgIpc) is 2.70. The molecule has 20 heavy (non-hydrogen) atoms. The fourth-order valence-electron chi connectivity index (χ4n) is 2.46. The van der Waals surface area contributed by atoms with Crippen LogP contribution in [-0.2, 0) is 0 Å². The van der Waals surface area contributed by atoms with Gasteiger partial charge in [-0.2, -0.15) is 0 Å². The van der Waals surface area contributed by atoms with Crippen LogP contribution in [0.25, 0.3) is 11.3 Å². The van der Waals surface area contributed by atoms with Gasteiger partial charge in [0, 0.05) is 0 Å². The summed E-state index contributed by atoms with van der Waals surface area (Å²) in [6.07, 6.45) is 0. The van der Waals surface area contributed by atoms with Gasteiger partial charge in [-0.15, -0.1) is 0 Å². The summed E-state index contributed by atoms with van der Waals surface area (Å²) in [5.41, 5.74) is 3.22. The Labute approximate surface area is 122 Å². The second-order valence-electron chi connectivity index (χ2n) is 6.04. The summed E-state index contributed by atoms with van der Waals surface area (Å²) in [5, 5.41) is 8.94. The fraction of sp³-hybridized carbons (Fsp3) is 0.188. The number of ketones is 1. The van der Waals surface area contributed by atoms with Gasteiger partial charge in [0.05, 0.1) is 0 Å². The van der Waals surface area contributed by atoms with Gasteiger partial charge in [0.15, 0.2) is 0 Å². The molecule has 0 N–H and O–H groups in total. The molecule has 3 rings (SSSR count). The Morgan fingerprint density at radius 1 is 1.05 bits per heavy atom. The summed E-state index contributed by atoms with van der Waals surface area (Å²) in [7, 11) is 0. The van der Waals surface area contributed by atoms with Crippen molar-refractivity contribution in [1.29, 1.82) is 5.26 Å². The number of hydrogen-bond acceptors (Lipinski definition) is 3. The number of nitrogens with zero attached hydrogens (tertiary/aromatic N) is 2. The molecule has 2 aromatic rings. The summed E-state index contributed by atoms with van der Waals surface area (Å²) in [5.74, 6) is 0.0318. The van der Waals surface area contributed by atoms with Crippen LogP contribution in [0.3, 0.4) is 0 Å². The van der Waals surface area contributed by atoms with Crippen LogP contribution in [0.5, 0.6) is 0 Å². The topological polar surface area (TPSA) is 53.8 Å². The van der Waals surface area contributed by atoms with E-state index in [0.29, 0.717) is 17.0 Å². The molecule has 0 bridgehead atoms. The van der Waals surface area contributed by atoms with Crippen molar-refractivity contribution in [2.75, 3.05) is 0 Å². The first-order valence-electron chi connectivity index (χ1n) is 6.52. The zero-order chi connectivity index (χ0) is 14.5. The second kappa shape index (κ2) is 4.42. The molecule has 0 fully saturated rings. The fourth-order valence-corrected chi connectivity index (χ4v) is 5.77. The molecule has 1 heterocycles. The zero-order valence-electron chi connectivity index (χ0n) is 11.7. The van der Waals surface area contributed by atoms with E-state index < -0.39 is 18.4 Å². The number of carbonyl (C=O) groups is 1. The Morgan fingerprint density at radius 3 is 2.40 bits per heavy atom. The van der Waals surface area contributed by atoms with Gasteiger partial charge in [0.25, 0.3) is 0 Å². The van der Waals surface area contributed by atoms with Gasteiger partial charge in [-0.1, -0.05) is 0 Å². The van der Waals surface area contributed by atoms with Crippen LogP contribution in [0.15, 0.2) is 30.3 Å². The third-order valence-electron chi connectivity index (χ3n) is 3.64. The molecule has 0 saturated heterocycles. The number of fused-ring (bicyclic) bond motifs is 3. The summed E-state index contributed by atoms with van der Waals surface area (Å²) in [6.45, 7) is 0. The standard InChI is InChI=1S/C13H5N2O.3CH3.Sn/c14-7-8-5-6-11-12(15-8)9-3-1-2-4-10(9)13(11)16;;;;/h1,3-6H;3*1H3;. The maximum absolute atomic E-state index is 12.5. The van der Waals surface area contributed by atoms with Gasteiger partial charge < -0.3 is 0 Å². The van der Waals surface area contributed by atoms with E-state index in [-0.39, 0.29) is 5.78 Å². The molecule has 1 aliphatic carbocycles. The first kappa shape index (κ1) is 13.3. The molecule has 0 atom stereocenters. The summed E-state index contributed by atoms with van der Waals surface area (Å²) >= 11 is -2.19. The van der Waals surface area contributed by atoms with E-state index in [1.807, 2.05) is 18.2 Å². The van der Waals surface area contributed by atoms with Crippen LogP contribution in [0, 0.1) is 11.3 Å². The van der Waals surface area contributed by atoms with Gasteiger partial charge in [-0.05, 0) is 0 Å². The molecule has 98 valence electrons. The quantitative estimate of drug-likeness (QED) is 0.620. The third-order valence-corrected chi connectivity index (χ3v) is 9.47. The number of carbonyl (C=O) groups excluding carboxylic acids is 1. The van der Waals surface area contributed by atoms with Crippen molar-refractivity contribution in [2.45, 2.75) is 14.8 Å². The van der Waals surface area contributed by atoms with E-state index in [1.54, 1.807) is 12.1 Å². The molecular weight excluding hydrogens is 355 g/mol. The van der Waals surface area contributed by atoms with Crippen LogP contribution in [0.4, 0.5) is 0 Å². The Kier molecular flexibility index (Phi) is 2.94. The number of rotatable bonds is 1. The summed E-state index contributed by atoms with van der Waals surface area (Å²) in [6, 6.07) is 11.5. The first-order chi connectivity index (χ1) is 9.41. The molecule has 1 aliphatic rings. The number of hydrogen-bond donors (Lipinski definition) is 0. The molecule has 0 radical (unpaired) electrons. The Bertz CT molecular complexity index is 782. The van der Waals surface area contributed by atoms with E-state index in [0.717, 1.165) is 11.1 Å². The van der Waals surface area contributed by atoms with Crippen molar-refractivity contribution in [3.63, 3.8) is 0 Å². The van der Waals surface area contributed by atoms with Crippen molar-refractivity contribution in [3.8, 4) is 17.3 Å². The van der Waals surface area contributed by atoms with Gasteiger partial charge in [0.1, 0.15) is 0 Å². The predicted molar refractivity (Wildman–Crippen MR) is 80.8 cm³/mol. The van der Waals surface area contributed by atoms with Crippen LogP contribution in [0.2, 0.25) is 14.8 Å². The van der Waals surface area contributed by atoms with Crippen molar-refractivity contribution >= 4 is 27.7 Å². The Morgan fingerprint density at radius 2 is 1.75 bits per heavy atom. The van der Waals surface area contributed by atoms with Gasteiger partial charge >= 0.3 is 122 Å². The minimum atomic E-state index is -2.19. The first-order valence-corrected chi connectivity index (χ1v) is 16.5. The number of nitriles is 1. The van der Waals surface area contributed by atoms with E-state index in [4.69, 9.17) is 5.26 Å². The molecule has 1 aromatic carbocycles. The predicted octanol–water partition coefficient (Wildman–Crippen LogP) is 2.71. The van der Waals surface area contributed by atoms with Crippen LogP contribution in [0.1, 0.15) is 21.6 Å². The molecule has 1 aromatic heterocycles. The Hall–Kier alpha value is -1.67. The minimum absolute atomic E-state index is 0.0318. The van der Waals surface area contributed by atoms with Gasteiger partial charge in [-0.3, -0.25) is 0 Å². The number of pyridine rings is 1. The molecule has 4 heteroatoms. The SMILES string of the molecule is [CH3][Sn]([CH3])([CH3])[c]1ccc2c(c1)C(=O)c1ccc(C#N)nc1-2. The third kappa shape index (κ3) is 1.95. The van der Waals surface area contributed by atoms with Crippen LogP contribution >= 0.6 is 0 Å². The molecule has 3 nitrogen and oxygen atoms in total. The summed E-state index contributed by atoms with van der Waals surface area (Å²) in [4.78, 5) is 23.7. The summed E-state index contributed by atoms with van der Waals surface area (Å²) < 4.78 is 1.33. The second-order valence-corrected chi connectivity index (χ2v) is 20.5. The van der Waals surface area contributed by atoms with Crippen LogP contribution < -0.4 is 3.58 Å². The molecular formula is C16H14N2OSn. The van der Waals surface area contributed by atoms with Gasteiger partial charge in [-0.25, -0.2) is 0 Å². The van der Waals surface area contributed by atoms with Crippen molar-refractivity contribution < 1.29 is 4.79 Å². The van der Waals surface area contributed by atoms with Crippen LogP contribution in [-0.4, -0.2) is 29.1 Å². The van der Waals surface area contributed by atoms with E-state index >= 15 is 0 Å². The molecule has 0 amide bonds. The van der Waals surface area contributed by atoms with Crippen molar-refractivity contribution in [2.24, 2.45) is 0 Å². The maximum atomic E-state index is 12.5. The van der Waals surface area contributed by atoms with Gasteiger partial charge in [0.2, 0.25) is 0 Å². The van der Waals surface area contributed by atoms with E-state index in [1.165, 1.54) is 3.58 Å². The number of benzene rings is 1. The van der Waals surface area contributed by atoms with Crippen molar-refractivity contribution in [3.05, 3.63) is 47.2 Å². The monoisotopic (exact) mass is 370 g/mol. The number of aromatic nitrogens is 1. The van der Waals surface area contributed by atoms with E-state index in [2.05, 4.69) is 25.9 Å². The molecule has 0 unspecified atom stereocenters. The Balaban J connectivity index is 2.23. The normalized spacial score (nSPS) is 12.8.